The van der Waals surface area contributed by atoms with Gasteiger partial charge in [0.1, 0.15) is 11.5 Å². The van der Waals surface area contributed by atoms with Gasteiger partial charge in [-0.1, -0.05) is 11.2 Å². The monoisotopic (exact) mass is 319 g/mol. The molecule has 4 rings (SSSR count). The Kier molecular flexibility index (Phi) is 3.51. The Bertz CT molecular complexity index is 970. The lowest BCUT2D eigenvalue weighted by Gasteiger charge is -2.01. The zero-order chi connectivity index (χ0) is 16.4. The minimum atomic E-state index is -0.421. The van der Waals surface area contributed by atoms with Gasteiger partial charge >= 0.3 is 0 Å². The molecule has 7 heteroatoms. The van der Waals surface area contributed by atoms with Crippen LogP contribution in [0.1, 0.15) is 0 Å². The number of rotatable bonds is 3. The second kappa shape index (κ2) is 5.96. The van der Waals surface area contributed by atoms with Crippen LogP contribution in [-0.4, -0.2) is 25.1 Å². The molecule has 0 fully saturated rings. The minimum absolute atomic E-state index is 0.289. The number of hydrogen-bond donors (Lipinski definition) is 0. The van der Waals surface area contributed by atoms with Crippen molar-refractivity contribution in [3.63, 3.8) is 0 Å². The quantitative estimate of drug-likeness (QED) is 0.576. The van der Waals surface area contributed by atoms with Crippen LogP contribution in [0.25, 0.3) is 34.1 Å². The summed E-state index contributed by atoms with van der Waals surface area (Å²) in [7, 11) is 0. The third-order valence-electron chi connectivity index (χ3n) is 3.36. The fourth-order valence-electron chi connectivity index (χ4n) is 2.20. The summed E-state index contributed by atoms with van der Waals surface area (Å²) in [6, 6.07) is 8.47. The molecule has 0 radical (unpaired) electrons. The van der Waals surface area contributed by atoms with Crippen molar-refractivity contribution in [3.8, 4) is 34.1 Å². The van der Waals surface area contributed by atoms with Crippen molar-refractivity contribution >= 4 is 0 Å². The average Bonchev–Trinajstić information content (AvgIpc) is 3.13. The van der Waals surface area contributed by atoms with Gasteiger partial charge in [-0.3, -0.25) is 9.97 Å². The van der Waals surface area contributed by atoms with Gasteiger partial charge < -0.3 is 4.52 Å². The van der Waals surface area contributed by atoms with Gasteiger partial charge in [0.2, 0.25) is 5.82 Å². The summed E-state index contributed by atoms with van der Waals surface area (Å²) in [6.07, 6.45) is 7.94. The molecule has 0 saturated heterocycles. The third kappa shape index (κ3) is 2.74. The van der Waals surface area contributed by atoms with E-state index in [1.807, 2.05) is 18.2 Å². The molecule has 24 heavy (non-hydrogen) atoms. The zero-order valence-electron chi connectivity index (χ0n) is 12.3. The Morgan fingerprint density at radius 2 is 1.75 bits per heavy atom. The van der Waals surface area contributed by atoms with Gasteiger partial charge in [-0.25, -0.2) is 9.37 Å². The summed E-state index contributed by atoms with van der Waals surface area (Å²) in [5.41, 5.74) is 2.94. The first-order valence-electron chi connectivity index (χ1n) is 7.11. The van der Waals surface area contributed by atoms with Crippen LogP contribution in [0.2, 0.25) is 0 Å². The Morgan fingerprint density at radius 3 is 2.54 bits per heavy atom. The second-order valence-corrected chi connectivity index (χ2v) is 4.99. The van der Waals surface area contributed by atoms with Crippen LogP contribution in [-0.2, 0) is 0 Å². The van der Waals surface area contributed by atoms with Gasteiger partial charge in [0, 0.05) is 35.9 Å². The maximum atomic E-state index is 12.9. The maximum absolute atomic E-state index is 12.9. The SMILES string of the molecule is Fc1ccc(-c2noc(-c3cncc(-c4cccnc4)c3)n2)nc1. The molecule has 0 amide bonds. The summed E-state index contributed by atoms with van der Waals surface area (Å²) in [5.74, 6) is 0.182. The number of halogens is 1. The molecule has 0 unspecified atom stereocenters. The normalized spacial score (nSPS) is 10.7. The Labute approximate surface area is 136 Å². The van der Waals surface area contributed by atoms with Crippen LogP contribution in [0.4, 0.5) is 4.39 Å². The highest BCUT2D eigenvalue weighted by molar-refractivity contribution is 5.68. The Morgan fingerprint density at radius 1 is 0.875 bits per heavy atom. The largest absolute Gasteiger partial charge is 0.333 e. The van der Waals surface area contributed by atoms with Crippen LogP contribution in [0, 0.1) is 5.82 Å². The zero-order valence-corrected chi connectivity index (χ0v) is 12.3. The highest BCUT2D eigenvalue weighted by Crippen LogP contribution is 2.25. The average molecular weight is 319 g/mol. The van der Waals surface area contributed by atoms with Crippen molar-refractivity contribution in [2.75, 3.05) is 0 Å². The van der Waals surface area contributed by atoms with E-state index in [1.54, 1.807) is 24.8 Å². The second-order valence-electron chi connectivity index (χ2n) is 4.99. The van der Waals surface area contributed by atoms with E-state index in [2.05, 4.69) is 25.1 Å². The summed E-state index contributed by atoms with van der Waals surface area (Å²) >= 11 is 0. The van der Waals surface area contributed by atoms with Gasteiger partial charge in [0.25, 0.3) is 5.89 Å². The standard InChI is InChI=1S/C17H10FN5O/c18-14-3-4-15(21-10-14)16-22-17(24-23-16)13-6-12(8-20-9-13)11-2-1-5-19-7-11/h1-10H. The lowest BCUT2D eigenvalue weighted by atomic mass is 10.1. The van der Waals surface area contributed by atoms with E-state index in [1.165, 1.54) is 12.1 Å². The van der Waals surface area contributed by atoms with Crippen molar-refractivity contribution < 1.29 is 8.91 Å². The molecule has 4 aromatic rings. The van der Waals surface area contributed by atoms with Crippen molar-refractivity contribution in [1.29, 1.82) is 0 Å². The van der Waals surface area contributed by atoms with Crippen LogP contribution in [0.3, 0.4) is 0 Å². The third-order valence-corrected chi connectivity index (χ3v) is 3.36. The number of pyridine rings is 3. The molecular weight excluding hydrogens is 309 g/mol. The smallest absolute Gasteiger partial charge is 0.259 e. The molecule has 0 aliphatic carbocycles. The molecule has 116 valence electrons. The summed E-state index contributed by atoms with van der Waals surface area (Å²) < 4.78 is 18.2. The van der Waals surface area contributed by atoms with E-state index in [0.717, 1.165) is 17.3 Å². The molecular formula is C17H10FN5O. The maximum Gasteiger partial charge on any atom is 0.259 e. The first-order valence-corrected chi connectivity index (χ1v) is 7.11. The van der Waals surface area contributed by atoms with Gasteiger partial charge in [0.15, 0.2) is 0 Å². The van der Waals surface area contributed by atoms with E-state index in [9.17, 15) is 4.39 Å². The van der Waals surface area contributed by atoms with E-state index < -0.39 is 5.82 Å². The van der Waals surface area contributed by atoms with E-state index >= 15 is 0 Å². The number of nitrogens with zero attached hydrogens (tertiary/aromatic N) is 5. The van der Waals surface area contributed by atoms with Gasteiger partial charge in [-0.15, -0.1) is 0 Å². The molecule has 0 atom stereocenters. The lowest BCUT2D eigenvalue weighted by Crippen LogP contribution is -1.87. The molecule has 0 aromatic carbocycles. The van der Waals surface area contributed by atoms with Crippen LogP contribution >= 0.6 is 0 Å². The van der Waals surface area contributed by atoms with Crippen molar-refractivity contribution in [1.82, 2.24) is 25.1 Å². The fraction of sp³-hybridized carbons (Fsp3) is 0. The first kappa shape index (κ1) is 14.1. The van der Waals surface area contributed by atoms with Crippen molar-refractivity contribution in [2.24, 2.45) is 0 Å². The van der Waals surface area contributed by atoms with Gasteiger partial charge in [-0.2, -0.15) is 4.98 Å². The number of hydrogen-bond acceptors (Lipinski definition) is 6. The molecule has 4 heterocycles. The molecule has 0 bridgehead atoms. The minimum Gasteiger partial charge on any atom is -0.333 e. The van der Waals surface area contributed by atoms with Crippen LogP contribution < -0.4 is 0 Å². The highest BCUT2D eigenvalue weighted by atomic mass is 19.1. The molecule has 6 nitrogen and oxygen atoms in total. The van der Waals surface area contributed by atoms with E-state index in [0.29, 0.717) is 17.1 Å². The molecule has 4 aromatic heterocycles. The predicted octanol–water partition coefficient (Wildman–Crippen LogP) is 3.39. The topological polar surface area (TPSA) is 77.6 Å². The fourth-order valence-corrected chi connectivity index (χ4v) is 2.20. The Hall–Kier alpha value is -3.48. The van der Waals surface area contributed by atoms with E-state index in [4.69, 9.17) is 4.52 Å². The van der Waals surface area contributed by atoms with Gasteiger partial charge in [-0.05, 0) is 24.3 Å². The first-order chi connectivity index (χ1) is 11.8. The summed E-state index contributed by atoms with van der Waals surface area (Å²) in [4.78, 5) is 16.5. The van der Waals surface area contributed by atoms with Crippen LogP contribution in [0.5, 0.6) is 0 Å². The van der Waals surface area contributed by atoms with E-state index in [-0.39, 0.29) is 5.82 Å². The Balaban J connectivity index is 1.69. The van der Waals surface area contributed by atoms with Crippen molar-refractivity contribution in [3.05, 3.63) is 67.1 Å². The molecule has 0 spiro atoms. The van der Waals surface area contributed by atoms with Gasteiger partial charge in [0.05, 0.1) is 11.8 Å². The molecule has 0 saturated carbocycles. The molecule has 0 aliphatic rings. The predicted molar refractivity (Wildman–Crippen MR) is 83.9 cm³/mol. The lowest BCUT2D eigenvalue weighted by molar-refractivity contribution is 0.432. The number of aromatic nitrogens is 5. The summed E-state index contributed by atoms with van der Waals surface area (Å²) in [6.45, 7) is 0. The molecule has 0 aliphatic heterocycles. The highest BCUT2D eigenvalue weighted by Gasteiger charge is 2.13. The summed E-state index contributed by atoms with van der Waals surface area (Å²) in [5, 5.41) is 3.88. The van der Waals surface area contributed by atoms with Crippen molar-refractivity contribution in [2.45, 2.75) is 0 Å². The molecule has 0 N–H and O–H groups in total. The van der Waals surface area contributed by atoms with Crippen LogP contribution in [0.15, 0.2) is 65.8 Å².